The molecule has 0 aromatic rings. The van der Waals surface area contributed by atoms with Crippen molar-refractivity contribution in [2.45, 2.75) is 6.92 Å². The molecule has 0 atom stereocenters. The van der Waals surface area contributed by atoms with Gasteiger partial charge in [0.15, 0.2) is 0 Å². The molecule has 0 rings (SSSR count). The third-order valence-corrected chi connectivity index (χ3v) is 1.53. The fourth-order valence-corrected chi connectivity index (χ4v) is 0.887. The second-order valence-corrected chi connectivity index (χ2v) is 2.63. The van der Waals surface area contributed by atoms with Crippen molar-refractivity contribution in [1.29, 1.82) is 0 Å². The Labute approximate surface area is 54.4 Å². The first-order valence-corrected chi connectivity index (χ1v) is 3.94. The lowest BCUT2D eigenvalue weighted by molar-refractivity contribution is 0.159. The van der Waals surface area contributed by atoms with Gasteiger partial charge in [0.2, 0.25) is 0 Å². The van der Waals surface area contributed by atoms with Gasteiger partial charge in [-0.05, 0) is 6.92 Å². The van der Waals surface area contributed by atoms with Gasteiger partial charge < -0.3 is 0 Å². The van der Waals surface area contributed by atoms with E-state index < -0.39 is 8.17 Å². The van der Waals surface area contributed by atoms with Crippen LogP contribution < -0.4 is 0 Å². The van der Waals surface area contributed by atoms with Gasteiger partial charge in [-0.1, -0.05) is 6.58 Å². The zero-order valence-electron chi connectivity index (χ0n) is 5.15. The van der Waals surface area contributed by atoms with Gasteiger partial charge in [0.1, 0.15) is 6.26 Å². The van der Waals surface area contributed by atoms with E-state index in [2.05, 4.69) is 15.6 Å². The molecule has 0 spiro atoms. The lowest BCUT2D eigenvalue weighted by atomic mass is 10.9. The first-order valence-electron chi connectivity index (χ1n) is 2.40. The molecule has 5 heteroatoms. The maximum atomic E-state index is 8.67. The van der Waals surface area contributed by atoms with Crippen LogP contribution in [0.4, 0.5) is 0 Å². The Morgan fingerprint density at radius 3 is 2.56 bits per heavy atom. The van der Waals surface area contributed by atoms with Crippen LogP contribution in [-0.4, -0.2) is 16.4 Å². The average molecular weight is 153 g/mol. The Morgan fingerprint density at radius 1 is 1.67 bits per heavy atom. The molecule has 0 aliphatic carbocycles. The molecule has 0 heterocycles. The minimum atomic E-state index is -3.56. The molecule has 0 amide bonds. The fourth-order valence-electron chi connectivity index (χ4n) is 0.296. The molecule has 0 aromatic carbocycles. The summed E-state index contributed by atoms with van der Waals surface area (Å²) in [5.74, 6) is 0. The van der Waals surface area contributed by atoms with Crippen molar-refractivity contribution in [2.75, 3.05) is 6.61 Å². The highest BCUT2D eigenvalue weighted by Crippen LogP contribution is 2.52. The Morgan fingerprint density at radius 2 is 2.22 bits per heavy atom. The summed E-state index contributed by atoms with van der Waals surface area (Å²) in [4.78, 5) is 17.3. The van der Waals surface area contributed by atoms with E-state index in [1.165, 1.54) is 0 Å². The van der Waals surface area contributed by atoms with E-state index in [1.807, 2.05) is 0 Å². The third kappa shape index (κ3) is 4.36. The van der Waals surface area contributed by atoms with Gasteiger partial charge in [0.05, 0.1) is 6.61 Å². The highest BCUT2D eigenvalue weighted by Gasteiger charge is 2.38. The number of hydrogen-bond donors (Lipinski definition) is 2. The van der Waals surface area contributed by atoms with Crippen LogP contribution in [0, 0.1) is 0 Å². The van der Waals surface area contributed by atoms with Crippen LogP contribution in [0.5, 0.6) is 0 Å². The first-order chi connectivity index (χ1) is 4.12. The smallest absolute Gasteiger partial charge is 0.270 e. The summed E-state index contributed by atoms with van der Waals surface area (Å²) < 4.78 is 8.63. The van der Waals surface area contributed by atoms with Crippen molar-refractivity contribution in [2.24, 2.45) is 0 Å². The maximum absolute atomic E-state index is 8.67. The van der Waals surface area contributed by atoms with Crippen molar-refractivity contribution in [3.05, 3.63) is 12.8 Å². The van der Waals surface area contributed by atoms with Gasteiger partial charge in [0, 0.05) is 0 Å². The Balaban J connectivity index is 3.55. The molecular weight excluding hydrogens is 143 g/mol. The molecule has 2 N–H and O–H groups in total. The van der Waals surface area contributed by atoms with Crippen LogP contribution in [0.1, 0.15) is 6.92 Å². The number of rotatable bonds is 4. The Bertz CT molecular complexity index is 92.6. The summed E-state index contributed by atoms with van der Waals surface area (Å²) in [6, 6.07) is 0. The SMILES string of the molecule is C=CO[P+](O)(O)OCC. The molecule has 0 saturated heterocycles. The largest absolute Gasteiger partial charge is 0.615 e. The van der Waals surface area contributed by atoms with Crippen molar-refractivity contribution < 1.29 is 18.8 Å². The monoisotopic (exact) mass is 153 g/mol. The lowest BCUT2D eigenvalue weighted by Crippen LogP contribution is -1.96. The van der Waals surface area contributed by atoms with Crippen LogP contribution >= 0.6 is 8.17 Å². The van der Waals surface area contributed by atoms with Crippen LogP contribution in [-0.2, 0) is 9.05 Å². The molecule has 0 unspecified atom stereocenters. The minimum Gasteiger partial charge on any atom is -0.270 e. The molecule has 0 aromatic heterocycles. The predicted molar refractivity (Wildman–Crippen MR) is 34.3 cm³/mol. The Kier molecular flexibility index (Phi) is 3.73. The van der Waals surface area contributed by atoms with Gasteiger partial charge in [-0.25, -0.2) is 0 Å². The molecule has 0 aliphatic heterocycles. The van der Waals surface area contributed by atoms with Gasteiger partial charge in [-0.3, -0.25) is 4.52 Å². The van der Waals surface area contributed by atoms with Crippen LogP contribution in [0.15, 0.2) is 12.8 Å². The highest BCUT2D eigenvalue weighted by atomic mass is 31.2. The summed E-state index contributed by atoms with van der Waals surface area (Å²) in [7, 11) is -3.56. The van der Waals surface area contributed by atoms with E-state index in [-0.39, 0.29) is 6.61 Å². The van der Waals surface area contributed by atoms with E-state index in [1.54, 1.807) is 6.92 Å². The number of hydrogen-bond acceptors (Lipinski definition) is 4. The lowest BCUT2D eigenvalue weighted by Gasteiger charge is -2.03. The summed E-state index contributed by atoms with van der Waals surface area (Å²) in [5, 5.41) is 0. The van der Waals surface area contributed by atoms with Crippen molar-refractivity contribution >= 4 is 8.17 Å². The van der Waals surface area contributed by atoms with E-state index in [9.17, 15) is 0 Å². The van der Waals surface area contributed by atoms with Gasteiger partial charge in [0.25, 0.3) is 0 Å². The summed E-state index contributed by atoms with van der Waals surface area (Å²) in [6.07, 6.45) is 0.934. The quantitative estimate of drug-likeness (QED) is 0.464. The standard InChI is InChI=1S/C4H10O4P/c1-3-7-9(5,6)8-4-2/h3,5-6H,1,4H2,2H3/q+1. The third-order valence-electron chi connectivity index (χ3n) is 0.509. The van der Waals surface area contributed by atoms with Gasteiger partial charge in [-0.15, -0.1) is 4.52 Å². The van der Waals surface area contributed by atoms with Crippen molar-refractivity contribution in [3.63, 3.8) is 0 Å². The van der Waals surface area contributed by atoms with Crippen LogP contribution in [0.3, 0.4) is 0 Å². The molecule has 0 saturated carbocycles. The van der Waals surface area contributed by atoms with Gasteiger partial charge in [-0.2, -0.15) is 9.79 Å². The van der Waals surface area contributed by atoms with Crippen LogP contribution in [0.2, 0.25) is 0 Å². The normalized spacial score (nSPS) is 11.0. The van der Waals surface area contributed by atoms with Crippen LogP contribution in [0.25, 0.3) is 0 Å². The van der Waals surface area contributed by atoms with Crippen molar-refractivity contribution in [1.82, 2.24) is 0 Å². The topological polar surface area (TPSA) is 58.9 Å². The summed E-state index contributed by atoms with van der Waals surface area (Å²) in [5.41, 5.74) is 0. The predicted octanol–water partition coefficient (Wildman–Crippen LogP) is 0.845. The molecule has 0 radical (unpaired) electrons. The minimum absolute atomic E-state index is 0.203. The molecule has 0 aliphatic rings. The van der Waals surface area contributed by atoms with E-state index >= 15 is 0 Å². The van der Waals surface area contributed by atoms with Gasteiger partial charge >= 0.3 is 8.17 Å². The summed E-state index contributed by atoms with van der Waals surface area (Å²) in [6.45, 7) is 4.97. The van der Waals surface area contributed by atoms with E-state index in [4.69, 9.17) is 9.79 Å². The zero-order valence-corrected chi connectivity index (χ0v) is 6.04. The average Bonchev–Trinajstić information content (AvgIpc) is 1.64. The second kappa shape index (κ2) is 3.80. The highest BCUT2D eigenvalue weighted by molar-refractivity contribution is 7.54. The molecule has 4 nitrogen and oxygen atoms in total. The Hall–Kier alpha value is -0.150. The molecule has 54 valence electrons. The molecule has 9 heavy (non-hydrogen) atoms. The summed E-state index contributed by atoms with van der Waals surface area (Å²) >= 11 is 0. The van der Waals surface area contributed by atoms with E-state index in [0.29, 0.717) is 0 Å². The molecular formula is C4H10O4P+. The maximum Gasteiger partial charge on any atom is 0.615 e. The first kappa shape index (κ1) is 8.85. The van der Waals surface area contributed by atoms with E-state index in [0.717, 1.165) is 6.26 Å². The second-order valence-electron chi connectivity index (χ2n) is 1.18. The van der Waals surface area contributed by atoms with Crippen molar-refractivity contribution in [3.8, 4) is 0 Å². The zero-order chi connectivity index (χ0) is 7.33. The fraction of sp³-hybridized carbons (Fsp3) is 0.500. The molecule has 0 fully saturated rings. The molecule has 0 bridgehead atoms.